The Morgan fingerprint density at radius 2 is 2.10 bits per heavy atom. The summed E-state index contributed by atoms with van der Waals surface area (Å²) in [7, 11) is 0. The van der Waals surface area contributed by atoms with E-state index in [0.29, 0.717) is 22.5 Å². The third-order valence-corrected chi connectivity index (χ3v) is 5.40. The molecule has 0 amide bonds. The van der Waals surface area contributed by atoms with E-state index in [9.17, 15) is 0 Å². The molecule has 1 aromatic carbocycles. The van der Waals surface area contributed by atoms with Gasteiger partial charge in [0.2, 0.25) is 0 Å². The molecule has 0 aliphatic heterocycles. The number of nitrogens with one attached hydrogen (secondary N) is 1. The molecule has 0 saturated heterocycles. The number of halogens is 1. The van der Waals surface area contributed by atoms with Gasteiger partial charge in [-0.15, -0.1) is 11.3 Å². The molecule has 1 unspecified atom stereocenters. The van der Waals surface area contributed by atoms with Crippen LogP contribution in [0.2, 0.25) is 5.02 Å². The second kappa shape index (κ2) is 6.51. The highest BCUT2D eigenvalue weighted by Gasteiger charge is 2.27. The quantitative estimate of drug-likeness (QED) is 0.795. The number of anilines is 1. The van der Waals surface area contributed by atoms with Gasteiger partial charge in [-0.3, -0.25) is 0 Å². The van der Waals surface area contributed by atoms with Crippen molar-refractivity contribution >= 4 is 28.6 Å². The summed E-state index contributed by atoms with van der Waals surface area (Å²) in [6.07, 6.45) is 5.16. The van der Waals surface area contributed by atoms with Crippen molar-refractivity contribution < 1.29 is 0 Å². The normalized spacial score (nSPS) is 16.6. The SMILES string of the molecule is N#Cc1ccc(NC(c2cccs2)C2CCCC2)c(Cl)c1. The summed E-state index contributed by atoms with van der Waals surface area (Å²) in [6.45, 7) is 0. The summed E-state index contributed by atoms with van der Waals surface area (Å²) in [5.74, 6) is 0.662. The van der Waals surface area contributed by atoms with E-state index in [1.165, 1.54) is 30.6 Å². The van der Waals surface area contributed by atoms with Crippen molar-refractivity contribution in [2.75, 3.05) is 5.32 Å². The molecule has 1 fully saturated rings. The fourth-order valence-electron chi connectivity index (χ4n) is 3.05. The van der Waals surface area contributed by atoms with Crippen LogP contribution in [0.1, 0.15) is 42.2 Å². The highest BCUT2D eigenvalue weighted by molar-refractivity contribution is 7.10. The predicted octanol–water partition coefficient (Wildman–Crippen LogP) is 5.62. The van der Waals surface area contributed by atoms with Crippen LogP contribution in [0.25, 0.3) is 0 Å². The zero-order valence-corrected chi connectivity index (χ0v) is 13.3. The lowest BCUT2D eigenvalue weighted by Crippen LogP contribution is -2.18. The Hall–Kier alpha value is -1.50. The molecule has 1 atom stereocenters. The maximum absolute atomic E-state index is 8.93. The Bertz CT molecular complexity index is 639. The van der Waals surface area contributed by atoms with E-state index in [4.69, 9.17) is 16.9 Å². The number of benzene rings is 1. The van der Waals surface area contributed by atoms with Gasteiger partial charge in [0.25, 0.3) is 0 Å². The van der Waals surface area contributed by atoms with Crippen LogP contribution in [0.3, 0.4) is 0 Å². The molecule has 0 bridgehead atoms. The smallest absolute Gasteiger partial charge is 0.0992 e. The molecule has 108 valence electrons. The van der Waals surface area contributed by atoms with Crippen molar-refractivity contribution in [3.63, 3.8) is 0 Å². The van der Waals surface area contributed by atoms with Gasteiger partial charge in [-0.1, -0.05) is 30.5 Å². The first-order valence-electron chi connectivity index (χ1n) is 7.27. The molecule has 0 radical (unpaired) electrons. The van der Waals surface area contributed by atoms with Crippen LogP contribution in [0, 0.1) is 17.2 Å². The van der Waals surface area contributed by atoms with Crippen molar-refractivity contribution in [1.29, 1.82) is 5.26 Å². The average Bonchev–Trinajstić information content (AvgIpc) is 3.19. The second-order valence-electron chi connectivity index (χ2n) is 5.49. The van der Waals surface area contributed by atoms with Crippen molar-refractivity contribution in [3.05, 3.63) is 51.2 Å². The van der Waals surface area contributed by atoms with Gasteiger partial charge in [0.15, 0.2) is 0 Å². The molecule has 1 heterocycles. The highest BCUT2D eigenvalue weighted by Crippen LogP contribution is 2.40. The van der Waals surface area contributed by atoms with Crippen molar-refractivity contribution in [3.8, 4) is 6.07 Å². The average molecular weight is 317 g/mol. The van der Waals surface area contributed by atoms with E-state index in [-0.39, 0.29) is 0 Å². The Labute approximate surface area is 134 Å². The molecule has 1 aromatic heterocycles. The zero-order valence-electron chi connectivity index (χ0n) is 11.7. The topological polar surface area (TPSA) is 35.8 Å². The van der Waals surface area contributed by atoms with Crippen LogP contribution in [0.5, 0.6) is 0 Å². The fraction of sp³-hybridized carbons (Fsp3) is 0.353. The Balaban J connectivity index is 1.86. The van der Waals surface area contributed by atoms with Gasteiger partial charge >= 0.3 is 0 Å². The lowest BCUT2D eigenvalue weighted by molar-refractivity contribution is 0.475. The van der Waals surface area contributed by atoms with E-state index in [2.05, 4.69) is 28.9 Å². The van der Waals surface area contributed by atoms with E-state index in [1.807, 2.05) is 12.1 Å². The van der Waals surface area contributed by atoms with E-state index in [1.54, 1.807) is 17.4 Å². The minimum absolute atomic E-state index is 0.318. The summed E-state index contributed by atoms with van der Waals surface area (Å²) in [4.78, 5) is 1.36. The van der Waals surface area contributed by atoms with Crippen molar-refractivity contribution in [1.82, 2.24) is 0 Å². The number of rotatable bonds is 4. The van der Waals surface area contributed by atoms with Crippen molar-refractivity contribution in [2.45, 2.75) is 31.7 Å². The molecule has 0 spiro atoms. The number of nitriles is 1. The van der Waals surface area contributed by atoms with E-state index >= 15 is 0 Å². The summed E-state index contributed by atoms with van der Waals surface area (Å²) in [5.41, 5.74) is 1.51. The van der Waals surface area contributed by atoms with E-state index in [0.717, 1.165) is 5.69 Å². The third-order valence-electron chi connectivity index (χ3n) is 4.13. The van der Waals surface area contributed by atoms with Gasteiger partial charge < -0.3 is 5.32 Å². The van der Waals surface area contributed by atoms with Crippen LogP contribution >= 0.6 is 22.9 Å². The number of thiophene rings is 1. The monoisotopic (exact) mass is 316 g/mol. The molecule has 2 aromatic rings. The maximum atomic E-state index is 8.93. The summed E-state index contributed by atoms with van der Waals surface area (Å²) >= 11 is 8.10. The number of nitrogens with zero attached hydrogens (tertiary/aromatic N) is 1. The van der Waals surface area contributed by atoms with Crippen LogP contribution < -0.4 is 5.32 Å². The first-order valence-corrected chi connectivity index (χ1v) is 8.53. The van der Waals surface area contributed by atoms with Gasteiger partial charge in [-0.2, -0.15) is 5.26 Å². The standard InChI is InChI=1S/C17H17ClN2S/c18-14-10-12(11-19)7-8-15(14)20-17(13-4-1-2-5-13)16-6-3-9-21-16/h3,6-10,13,17,20H,1-2,4-5H2. The van der Waals surface area contributed by atoms with Crippen LogP contribution in [-0.2, 0) is 0 Å². The Morgan fingerprint density at radius 1 is 1.29 bits per heavy atom. The summed E-state index contributed by atoms with van der Waals surface area (Å²) in [5, 5.41) is 15.3. The molecular weight excluding hydrogens is 300 g/mol. The molecule has 1 N–H and O–H groups in total. The Kier molecular flexibility index (Phi) is 4.48. The van der Waals surface area contributed by atoms with Crippen LogP contribution in [0.15, 0.2) is 35.7 Å². The minimum atomic E-state index is 0.318. The van der Waals surface area contributed by atoms with Gasteiger partial charge in [0, 0.05) is 4.88 Å². The lowest BCUT2D eigenvalue weighted by Gasteiger charge is -2.25. The molecule has 2 nitrogen and oxygen atoms in total. The number of hydrogen-bond acceptors (Lipinski definition) is 3. The Morgan fingerprint density at radius 3 is 2.71 bits per heavy atom. The zero-order chi connectivity index (χ0) is 14.7. The second-order valence-corrected chi connectivity index (χ2v) is 6.87. The molecule has 3 rings (SSSR count). The summed E-state index contributed by atoms with van der Waals surface area (Å²) < 4.78 is 0. The predicted molar refractivity (Wildman–Crippen MR) is 88.8 cm³/mol. The van der Waals surface area contributed by atoms with Gasteiger partial charge in [0.1, 0.15) is 0 Å². The first kappa shape index (κ1) is 14.4. The number of hydrogen-bond donors (Lipinski definition) is 1. The van der Waals surface area contributed by atoms with Gasteiger partial charge in [0.05, 0.1) is 28.4 Å². The molecule has 1 saturated carbocycles. The molecule has 1 aliphatic carbocycles. The highest BCUT2D eigenvalue weighted by atomic mass is 35.5. The van der Waals surface area contributed by atoms with Gasteiger partial charge in [-0.25, -0.2) is 0 Å². The fourth-order valence-corrected chi connectivity index (χ4v) is 4.15. The largest absolute Gasteiger partial charge is 0.376 e. The maximum Gasteiger partial charge on any atom is 0.0992 e. The molecule has 21 heavy (non-hydrogen) atoms. The minimum Gasteiger partial charge on any atom is -0.376 e. The molecule has 4 heteroatoms. The summed E-state index contributed by atoms with van der Waals surface area (Å²) in [6, 6.07) is 12.2. The third kappa shape index (κ3) is 3.23. The first-order chi connectivity index (χ1) is 10.3. The van der Waals surface area contributed by atoms with Crippen LogP contribution in [0.4, 0.5) is 5.69 Å². The molecule has 1 aliphatic rings. The van der Waals surface area contributed by atoms with Crippen molar-refractivity contribution in [2.24, 2.45) is 5.92 Å². The molecular formula is C17H17ClN2S. The van der Waals surface area contributed by atoms with Crippen LogP contribution in [-0.4, -0.2) is 0 Å². The van der Waals surface area contributed by atoms with E-state index < -0.39 is 0 Å². The lowest BCUT2D eigenvalue weighted by atomic mass is 9.96. The van der Waals surface area contributed by atoms with Gasteiger partial charge in [-0.05, 0) is 48.4 Å².